The van der Waals surface area contributed by atoms with Gasteiger partial charge in [0.15, 0.2) is 0 Å². The number of H-pyrrole nitrogens is 1. The molecule has 0 spiro atoms. The third-order valence-electron chi connectivity index (χ3n) is 4.46. The second-order valence-corrected chi connectivity index (χ2v) is 7.23. The number of fused-ring (bicyclic) bond motifs is 1. The number of ether oxygens (including phenoxy) is 1. The van der Waals surface area contributed by atoms with Crippen LogP contribution in [0.5, 0.6) is 0 Å². The number of benzene rings is 1. The normalized spacial score (nSPS) is 15.7. The summed E-state index contributed by atoms with van der Waals surface area (Å²) in [6.45, 7) is 2.18. The Labute approximate surface area is 143 Å². The van der Waals surface area contributed by atoms with Gasteiger partial charge in [0.25, 0.3) is 0 Å². The van der Waals surface area contributed by atoms with E-state index in [0.717, 1.165) is 29.3 Å². The maximum absolute atomic E-state index is 12.5. The van der Waals surface area contributed by atoms with E-state index >= 15 is 0 Å². The summed E-state index contributed by atoms with van der Waals surface area (Å²) >= 11 is 7.95. The van der Waals surface area contributed by atoms with E-state index in [9.17, 15) is 4.79 Å². The zero-order valence-electron chi connectivity index (χ0n) is 12.7. The summed E-state index contributed by atoms with van der Waals surface area (Å²) in [7, 11) is 0. The van der Waals surface area contributed by atoms with Gasteiger partial charge >= 0.3 is 5.97 Å². The van der Waals surface area contributed by atoms with Gasteiger partial charge in [-0.15, -0.1) is 11.3 Å². The SMILES string of the molecule is CCOC(=O)c1[nH]c2ccc(Cl)cc2c1C1(c2cccs2)CC1. The van der Waals surface area contributed by atoms with E-state index < -0.39 is 0 Å². The van der Waals surface area contributed by atoms with E-state index in [-0.39, 0.29) is 11.4 Å². The monoisotopic (exact) mass is 345 g/mol. The molecule has 1 fully saturated rings. The van der Waals surface area contributed by atoms with Crippen LogP contribution in [0.15, 0.2) is 35.7 Å². The third kappa shape index (κ3) is 2.28. The van der Waals surface area contributed by atoms with Crippen LogP contribution in [0.3, 0.4) is 0 Å². The van der Waals surface area contributed by atoms with Gasteiger partial charge in [0, 0.05) is 31.8 Å². The minimum Gasteiger partial charge on any atom is -0.461 e. The number of rotatable bonds is 4. The van der Waals surface area contributed by atoms with Crippen LogP contribution < -0.4 is 0 Å². The van der Waals surface area contributed by atoms with Gasteiger partial charge in [-0.3, -0.25) is 0 Å². The summed E-state index contributed by atoms with van der Waals surface area (Å²) in [5, 5.41) is 3.78. The Bertz CT molecular complexity index is 878. The van der Waals surface area contributed by atoms with Gasteiger partial charge in [-0.25, -0.2) is 4.79 Å². The van der Waals surface area contributed by atoms with Crippen LogP contribution in [0.2, 0.25) is 5.02 Å². The van der Waals surface area contributed by atoms with Crippen LogP contribution in [-0.4, -0.2) is 17.6 Å². The van der Waals surface area contributed by atoms with Gasteiger partial charge in [-0.05, 0) is 49.4 Å². The highest BCUT2D eigenvalue weighted by Gasteiger charge is 2.50. The number of aromatic nitrogens is 1. The molecule has 0 amide bonds. The molecular formula is C18H16ClNO2S. The van der Waals surface area contributed by atoms with Gasteiger partial charge in [-0.1, -0.05) is 17.7 Å². The van der Waals surface area contributed by atoms with Crippen molar-refractivity contribution in [1.29, 1.82) is 0 Å². The molecule has 0 aliphatic heterocycles. The number of aromatic amines is 1. The molecule has 1 saturated carbocycles. The van der Waals surface area contributed by atoms with Gasteiger partial charge in [-0.2, -0.15) is 0 Å². The first-order valence-electron chi connectivity index (χ1n) is 7.68. The molecule has 118 valence electrons. The molecule has 2 heterocycles. The standard InChI is InChI=1S/C18H16ClNO2S/c1-2-22-17(21)16-15(12-10-11(19)5-6-13(12)20-16)18(7-8-18)14-4-3-9-23-14/h3-6,9-10,20H,2,7-8H2,1H3. The van der Waals surface area contributed by atoms with Crippen molar-refractivity contribution in [1.82, 2.24) is 4.98 Å². The molecule has 0 atom stereocenters. The fourth-order valence-corrected chi connectivity index (χ4v) is 4.48. The number of hydrogen-bond donors (Lipinski definition) is 1. The average molecular weight is 346 g/mol. The fraction of sp³-hybridized carbons (Fsp3) is 0.278. The predicted octanol–water partition coefficient (Wildman–Crippen LogP) is 5.14. The van der Waals surface area contributed by atoms with Gasteiger partial charge in [0.1, 0.15) is 5.69 Å². The number of halogens is 1. The Morgan fingerprint density at radius 3 is 2.87 bits per heavy atom. The van der Waals surface area contributed by atoms with Crippen molar-refractivity contribution < 1.29 is 9.53 Å². The molecular weight excluding hydrogens is 330 g/mol. The van der Waals surface area contributed by atoms with Crippen LogP contribution in [0, 0.1) is 0 Å². The molecule has 1 N–H and O–H groups in total. The topological polar surface area (TPSA) is 42.1 Å². The maximum Gasteiger partial charge on any atom is 0.355 e. The summed E-state index contributed by atoms with van der Waals surface area (Å²) in [6.07, 6.45) is 2.08. The molecule has 3 aromatic rings. The first-order chi connectivity index (χ1) is 11.2. The van der Waals surface area contributed by atoms with E-state index in [1.54, 1.807) is 11.3 Å². The molecule has 23 heavy (non-hydrogen) atoms. The van der Waals surface area contributed by atoms with Crippen molar-refractivity contribution in [3.8, 4) is 0 Å². The van der Waals surface area contributed by atoms with E-state index in [4.69, 9.17) is 16.3 Å². The lowest BCUT2D eigenvalue weighted by molar-refractivity contribution is 0.0518. The summed E-state index contributed by atoms with van der Waals surface area (Å²) in [6, 6.07) is 9.92. The van der Waals surface area contributed by atoms with Crippen molar-refractivity contribution in [2.45, 2.75) is 25.2 Å². The molecule has 2 aromatic heterocycles. The number of nitrogens with one attached hydrogen (secondary N) is 1. The largest absolute Gasteiger partial charge is 0.461 e. The van der Waals surface area contributed by atoms with E-state index in [0.29, 0.717) is 17.3 Å². The number of carbonyl (C=O) groups excluding carboxylic acids is 1. The molecule has 1 aromatic carbocycles. The molecule has 3 nitrogen and oxygen atoms in total. The van der Waals surface area contributed by atoms with Crippen molar-refractivity contribution in [2.24, 2.45) is 0 Å². The summed E-state index contributed by atoms with van der Waals surface area (Å²) in [4.78, 5) is 17.0. The molecule has 0 radical (unpaired) electrons. The number of hydrogen-bond acceptors (Lipinski definition) is 3. The second-order valence-electron chi connectivity index (χ2n) is 5.84. The first kappa shape index (κ1) is 14.8. The number of esters is 1. The second kappa shape index (κ2) is 5.39. The summed E-state index contributed by atoms with van der Waals surface area (Å²) in [5.74, 6) is -0.294. The van der Waals surface area contributed by atoms with Crippen molar-refractivity contribution in [2.75, 3.05) is 6.61 Å². The highest BCUT2D eigenvalue weighted by Crippen LogP contribution is 2.57. The lowest BCUT2D eigenvalue weighted by Crippen LogP contribution is -2.14. The highest BCUT2D eigenvalue weighted by atomic mass is 35.5. The zero-order valence-corrected chi connectivity index (χ0v) is 14.3. The molecule has 1 aliphatic carbocycles. The predicted molar refractivity (Wildman–Crippen MR) is 93.6 cm³/mol. The van der Waals surface area contributed by atoms with Crippen LogP contribution >= 0.6 is 22.9 Å². The Kier molecular flexibility index (Phi) is 3.47. The minimum atomic E-state index is -0.294. The Morgan fingerprint density at radius 2 is 2.22 bits per heavy atom. The molecule has 0 unspecified atom stereocenters. The quantitative estimate of drug-likeness (QED) is 0.665. The number of thiophene rings is 1. The van der Waals surface area contributed by atoms with Gasteiger partial charge < -0.3 is 9.72 Å². The average Bonchev–Trinajstić information content (AvgIpc) is 3.00. The lowest BCUT2D eigenvalue weighted by Gasteiger charge is -2.15. The molecule has 0 bridgehead atoms. The van der Waals surface area contributed by atoms with Crippen molar-refractivity contribution >= 4 is 39.8 Å². The lowest BCUT2D eigenvalue weighted by atomic mass is 9.91. The fourth-order valence-electron chi connectivity index (χ4n) is 3.31. The molecule has 5 heteroatoms. The Hall–Kier alpha value is -1.78. The van der Waals surface area contributed by atoms with Crippen LogP contribution in [-0.2, 0) is 10.2 Å². The molecule has 1 aliphatic rings. The highest BCUT2D eigenvalue weighted by molar-refractivity contribution is 7.10. The van der Waals surface area contributed by atoms with Crippen LogP contribution in [0.25, 0.3) is 10.9 Å². The Morgan fingerprint density at radius 1 is 1.39 bits per heavy atom. The van der Waals surface area contributed by atoms with Crippen LogP contribution in [0.1, 0.15) is 40.7 Å². The van der Waals surface area contributed by atoms with E-state index in [1.807, 2.05) is 25.1 Å². The first-order valence-corrected chi connectivity index (χ1v) is 8.94. The van der Waals surface area contributed by atoms with Crippen LogP contribution in [0.4, 0.5) is 0 Å². The van der Waals surface area contributed by atoms with Gasteiger partial charge in [0.2, 0.25) is 0 Å². The molecule has 0 saturated heterocycles. The van der Waals surface area contributed by atoms with Crippen molar-refractivity contribution in [3.63, 3.8) is 0 Å². The maximum atomic E-state index is 12.5. The smallest absolute Gasteiger partial charge is 0.355 e. The summed E-state index contributed by atoms with van der Waals surface area (Å²) < 4.78 is 5.27. The minimum absolute atomic E-state index is 0.0841. The van der Waals surface area contributed by atoms with E-state index in [1.165, 1.54) is 4.88 Å². The number of carbonyl (C=O) groups is 1. The molecule has 4 rings (SSSR count). The Balaban J connectivity index is 1.98. The van der Waals surface area contributed by atoms with E-state index in [2.05, 4.69) is 22.5 Å². The van der Waals surface area contributed by atoms with Gasteiger partial charge in [0.05, 0.1) is 6.61 Å². The zero-order chi connectivity index (χ0) is 16.0. The van der Waals surface area contributed by atoms with Crippen molar-refractivity contribution in [3.05, 3.63) is 56.9 Å². The summed E-state index contributed by atoms with van der Waals surface area (Å²) in [5.41, 5.74) is 2.44. The third-order valence-corrected chi connectivity index (χ3v) is 5.77.